The molecule has 0 fully saturated rings. The number of esters is 1. The Labute approximate surface area is 202 Å². The van der Waals surface area contributed by atoms with E-state index in [0.717, 1.165) is 11.6 Å². The molecule has 34 heavy (non-hydrogen) atoms. The van der Waals surface area contributed by atoms with Gasteiger partial charge in [0.25, 0.3) is 10.0 Å². The Bertz CT molecular complexity index is 1310. The lowest BCUT2D eigenvalue weighted by atomic mass is 10.2. The molecule has 0 spiro atoms. The van der Waals surface area contributed by atoms with Crippen LogP contribution in [0, 0.1) is 12.7 Å². The number of rotatable bonds is 8. The highest BCUT2D eigenvalue weighted by Crippen LogP contribution is 2.28. The zero-order valence-electron chi connectivity index (χ0n) is 18.4. The number of amides is 1. The maximum Gasteiger partial charge on any atom is 0.338 e. The summed E-state index contributed by atoms with van der Waals surface area (Å²) in [5.41, 5.74) is 0.915. The lowest BCUT2D eigenvalue weighted by Gasteiger charge is -2.24. The van der Waals surface area contributed by atoms with Gasteiger partial charge in [-0.05, 0) is 56.3 Å². The molecule has 10 heteroatoms. The number of hydrogen-bond acceptors (Lipinski definition) is 5. The molecule has 3 aromatic rings. The molecule has 0 unspecified atom stereocenters. The third-order valence-corrected chi connectivity index (χ3v) is 6.86. The smallest absolute Gasteiger partial charge is 0.338 e. The second-order valence-electron chi connectivity index (χ2n) is 7.24. The average Bonchev–Trinajstić information content (AvgIpc) is 2.80. The Kier molecular flexibility index (Phi) is 7.90. The van der Waals surface area contributed by atoms with Crippen molar-refractivity contribution in [1.29, 1.82) is 0 Å². The quantitative estimate of drug-likeness (QED) is 0.445. The minimum absolute atomic E-state index is 0.0535. The fourth-order valence-corrected chi connectivity index (χ4v) is 4.73. The predicted octanol–water partition coefficient (Wildman–Crippen LogP) is 4.80. The Morgan fingerprint density at radius 2 is 1.74 bits per heavy atom. The molecule has 0 radical (unpaired) electrons. The van der Waals surface area contributed by atoms with E-state index >= 15 is 0 Å². The number of carbonyl (C=O) groups excluding carboxylic acids is 2. The minimum Gasteiger partial charge on any atom is -0.462 e. The van der Waals surface area contributed by atoms with Crippen molar-refractivity contribution >= 4 is 44.9 Å². The van der Waals surface area contributed by atoms with Crippen molar-refractivity contribution in [3.63, 3.8) is 0 Å². The van der Waals surface area contributed by atoms with Gasteiger partial charge in [0, 0.05) is 0 Å². The molecular formula is C24H22ClFN2O5S. The first kappa shape index (κ1) is 25.2. The summed E-state index contributed by atoms with van der Waals surface area (Å²) in [5.74, 6) is -2.13. The number of benzene rings is 3. The average molecular weight is 505 g/mol. The Morgan fingerprint density at radius 1 is 1.06 bits per heavy atom. The first-order valence-corrected chi connectivity index (χ1v) is 12.1. The van der Waals surface area contributed by atoms with E-state index in [2.05, 4.69) is 5.32 Å². The standard InChI is InChI=1S/C24H22ClFN2O5S/c1-3-33-24(30)17-10-13-21(19(25)14-17)27-23(29)15-28(22-7-5-4-6-20(22)26)34(31,32)18-11-8-16(2)9-12-18/h4-14H,3,15H2,1-2H3,(H,27,29). The molecule has 0 aliphatic rings. The van der Waals surface area contributed by atoms with Gasteiger partial charge in [-0.2, -0.15) is 0 Å². The van der Waals surface area contributed by atoms with Crippen LogP contribution >= 0.6 is 11.6 Å². The molecule has 0 saturated carbocycles. The van der Waals surface area contributed by atoms with Crippen molar-refractivity contribution in [3.8, 4) is 0 Å². The predicted molar refractivity (Wildman–Crippen MR) is 128 cm³/mol. The number of nitrogens with zero attached hydrogens (tertiary/aromatic N) is 1. The molecule has 0 atom stereocenters. The number of nitrogens with one attached hydrogen (secondary N) is 1. The van der Waals surface area contributed by atoms with Crippen LogP contribution in [0.1, 0.15) is 22.8 Å². The molecule has 0 aliphatic carbocycles. The van der Waals surface area contributed by atoms with Gasteiger partial charge in [0.05, 0.1) is 33.5 Å². The second-order valence-corrected chi connectivity index (χ2v) is 9.51. The van der Waals surface area contributed by atoms with Gasteiger partial charge in [0.1, 0.15) is 12.4 Å². The number of para-hydroxylation sites is 1. The summed E-state index contributed by atoms with van der Waals surface area (Å²) < 4.78 is 46.8. The van der Waals surface area contributed by atoms with E-state index in [4.69, 9.17) is 16.3 Å². The van der Waals surface area contributed by atoms with Gasteiger partial charge in [-0.1, -0.05) is 41.4 Å². The zero-order chi connectivity index (χ0) is 24.9. The van der Waals surface area contributed by atoms with E-state index in [1.807, 2.05) is 0 Å². The van der Waals surface area contributed by atoms with Gasteiger partial charge < -0.3 is 10.1 Å². The topological polar surface area (TPSA) is 92.8 Å². The molecule has 0 aromatic heterocycles. The number of carbonyl (C=O) groups is 2. The van der Waals surface area contributed by atoms with Crippen LogP contribution < -0.4 is 9.62 Å². The van der Waals surface area contributed by atoms with Gasteiger partial charge in [-0.3, -0.25) is 9.10 Å². The first-order valence-electron chi connectivity index (χ1n) is 10.2. The number of halogens is 2. The fraction of sp³-hybridized carbons (Fsp3) is 0.167. The fourth-order valence-electron chi connectivity index (χ4n) is 3.07. The summed E-state index contributed by atoms with van der Waals surface area (Å²) in [6.45, 7) is 2.94. The molecule has 0 heterocycles. The molecule has 0 bridgehead atoms. The summed E-state index contributed by atoms with van der Waals surface area (Å²) in [6.07, 6.45) is 0. The molecule has 1 N–H and O–H groups in total. The largest absolute Gasteiger partial charge is 0.462 e. The molecule has 178 valence electrons. The van der Waals surface area contributed by atoms with Crippen LogP contribution in [0.3, 0.4) is 0 Å². The maximum absolute atomic E-state index is 14.6. The van der Waals surface area contributed by atoms with Crippen molar-refractivity contribution in [3.05, 3.63) is 88.7 Å². The first-order chi connectivity index (χ1) is 16.1. The van der Waals surface area contributed by atoms with Crippen LogP contribution in [0.5, 0.6) is 0 Å². The lowest BCUT2D eigenvalue weighted by Crippen LogP contribution is -2.38. The van der Waals surface area contributed by atoms with Gasteiger partial charge in [0.15, 0.2) is 0 Å². The monoisotopic (exact) mass is 504 g/mol. The molecule has 0 saturated heterocycles. The number of hydrogen-bond donors (Lipinski definition) is 1. The highest BCUT2D eigenvalue weighted by molar-refractivity contribution is 7.92. The molecule has 3 aromatic carbocycles. The van der Waals surface area contributed by atoms with Crippen LogP contribution in [-0.2, 0) is 19.6 Å². The van der Waals surface area contributed by atoms with Crippen molar-refractivity contribution in [1.82, 2.24) is 0 Å². The highest BCUT2D eigenvalue weighted by atomic mass is 35.5. The van der Waals surface area contributed by atoms with Crippen LogP contribution in [0.15, 0.2) is 71.6 Å². The third-order valence-electron chi connectivity index (χ3n) is 4.77. The number of sulfonamides is 1. The highest BCUT2D eigenvalue weighted by Gasteiger charge is 2.29. The minimum atomic E-state index is -4.28. The van der Waals surface area contributed by atoms with Crippen LogP contribution in [0.25, 0.3) is 0 Å². The molecule has 0 aliphatic heterocycles. The summed E-state index contributed by atoms with van der Waals surface area (Å²) in [6, 6.07) is 15.4. The summed E-state index contributed by atoms with van der Waals surface area (Å²) in [4.78, 5) is 24.6. The summed E-state index contributed by atoms with van der Waals surface area (Å²) in [7, 11) is -4.28. The molecule has 1 amide bonds. The van der Waals surface area contributed by atoms with Gasteiger partial charge in [-0.15, -0.1) is 0 Å². The van der Waals surface area contributed by atoms with Gasteiger partial charge >= 0.3 is 5.97 Å². The molecular weight excluding hydrogens is 483 g/mol. The Hall–Kier alpha value is -3.43. The third kappa shape index (κ3) is 5.73. The number of anilines is 2. The van der Waals surface area contributed by atoms with Crippen LogP contribution in [0.2, 0.25) is 5.02 Å². The van der Waals surface area contributed by atoms with Crippen molar-refractivity contribution in [2.75, 3.05) is 22.8 Å². The number of ether oxygens (including phenoxy) is 1. The summed E-state index contributed by atoms with van der Waals surface area (Å²) >= 11 is 6.18. The second kappa shape index (κ2) is 10.7. The summed E-state index contributed by atoms with van der Waals surface area (Å²) in [5, 5.41) is 2.56. The van der Waals surface area contributed by atoms with Crippen molar-refractivity contribution < 1.29 is 27.1 Å². The van der Waals surface area contributed by atoms with Crippen LogP contribution in [-0.4, -0.2) is 33.4 Å². The SMILES string of the molecule is CCOC(=O)c1ccc(NC(=O)CN(c2ccccc2F)S(=O)(=O)c2ccc(C)cc2)c(Cl)c1. The van der Waals surface area contributed by atoms with Crippen molar-refractivity contribution in [2.45, 2.75) is 18.7 Å². The van der Waals surface area contributed by atoms with Gasteiger partial charge in [-0.25, -0.2) is 17.6 Å². The van der Waals surface area contributed by atoms with E-state index < -0.39 is 34.3 Å². The van der Waals surface area contributed by atoms with E-state index in [1.54, 1.807) is 26.0 Å². The van der Waals surface area contributed by atoms with E-state index in [1.165, 1.54) is 48.5 Å². The Morgan fingerprint density at radius 3 is 2.35 bits per heavy atom. The maximum atomic E-state index is 14.6. The van der Waals surface area contributed by atoms with Gasteiger partial charge in [0.2, 0.25) is 5.91 Å². The molecule has 7 nitrogen and oxygen atoms in total. The van der Waals surface area contributed by atoms with Crippen LogP contribution in [0.4, 0.5) is 15.8 Å². The van der Waals surface area contributed by atoms with E-state index in [-0.39, 0.29) is 33.5 Å². The van der Waals surface area contributed by atoms with Crippen molar-refractivity contribution in [2.24, 2.45) is 0 Å². The zero-order valence-corrected chi connectivity index (χ0v) is 20.0. The van der Waals surface area contributed by atoms with E-state index in [0.29, 0.717) is 4.31 Å². The number of aryl methyl sites for hydroxylation is 1. The Balaban J connectivity index is 1.90. The molecule has 3 rings (SSSR count). The lowest BCUT2D eigenvalue weighted by molar-refractivity contribution is -0.114. The normalized spacial score (nSPS) is 11.1. The van der Waals surface area contributed by atoms with E-state index in [9.17, 15) is 22.4 Å².